The van der Waals surface area contributed by atoms with Crippen LogP contribution in [0.4, 0.5) is 11.4 Å². The number of hydrogen-bond donors (Lipinski definition) is 1. The predicted octanol–water partition coefficient (Wildman–Crippen LogP) is 4.45. The number of benzene rings is 2. The van der Waals surface area contributed by atoms with Gasteiger partial charge in [-0.15, -0.1) is 0 Å². The highest BCUT2D eigenvalue weighted by molar-refractivity contribution is 6.31. The van der Waals surface area contributed by atoms with E-state index in [2.05, 4.69) is 5.32 Å². The van der Waals surface area contributed by atoms with Crippen LogP contribution >= 0.6 is 11.6 Å². The molecule has 2 aliphatic rings. The third-order valence-corrected chi connectivity index (χ3v) is 5.86. The van der Waals surface area contributed by atoms with Crippen molar-refractivity contribution in [3.63, 3.8) is 0 Å². The molecule has 7 heteroatoms. The van der Waals surface area contributed by atoms with Crippen molar-refractivity contribution in [2.75, 3.05) is 17.3 Å². The Bertz CT molecular complexity index is 1060. The maximum Gasteiger partial charge on any atom is 0.255 e. The lowest BCUT2D eigenvalue weighted by Gasteiger charge is -2.18. The number of fused-ring (bicyclic) bond motifs is 1. The average molecular weight is 425 g/mol. The van der Waals surface area contributed by atoms with E-state index in [0.29, 0.717) is 40.6 Å². The molecule has 6 nitrogen and oxygen atoms in total. The highest BCUT2D eigenvalue weighted by Gasteiger charge is 2.48. The minimum Gasteiger partial charge on any atom is -0.495 e. The SMILES string of the molecule is COc1ccc(Cl)cc1NC(=O)c1ccc(N2C(=O)[C@H]3CC(C)=CC[C@H]3C2=O)cc1. The molecule has 0 bridgehead atoms. The number of carbonyl (C=O) groups is 3. The first kappa shape index (κ1) is 20.2. The van der Waals surface area contributed by atoms with Gasteiger partial charge >= 0.3 is 0 Å². The number of nitrogens with one attached hydrogen (secondary N) is 1. The summed E-state index contributed by atoms with van der Waals surface area (Å²) in [4.78, 5) is 39.5. The monoisotopic (exact) mass is 424 g/mol. The molecule has 0 spiro atoms. The number of halogens is 1. The Balaban J connectivity index is 1.52. The molecule has 0 aromatic heterocycles. The number of methoxy groups -OCH3 is 1. The van der Waals surface area contributed by atoms with Crippen LogP contribution in [-0.4, -0.2) is 24.8 Å². The second-order valence-corrected chi connectivity index (χ2v) is 8.00. The van der Waals surface area contributed by atoms with Gasteiger partial charge in [0.05, 0.1) is 30.3 Å². The Kier molecular flexibility index (Phi) is 5.35. The molecule has 1 heterocycles. The summed E-state index contributed by atoms with van der Waals surface area (Å²) < 4.78 is 5.24. The van der Waals surface area contributed by atoms with Crippen molar-refractivity contribution in [1.29, 1.82) is 0 Å². The van der Waals surface area contributed by atoms with Crippen LogP contribution in [0, 0.1) is 11.8 Å². The molecule has 1 N–H and O–H groups in total. The number of carbonyl (C=O) groups excluding carboxylic acids is 3. The van der Waals surface area contributed by atoms with Crippen LogP contribution in [0.5, 0.6) is 5.75 Å². The molecule has 0 unspecified atom stereocenters. The number of imide groups is 1. The van der Waals surface area contributed by atoms with Crippen molar-refractivity contribution in [3.05, 3.63) is 64.7 Å². The third kappa shape index (κ3) is 3.59. The van der Waals surface area contributed by atoms with Crippen molar-refractivity contribution in [1.82, 2.24) is 0 Å². The van der Waals surface area contributed by atoms with Gasteiger partial charge in [-0.25, -0.2) is 0 Å². The van der Waals surface area contributed by atoms with Crippen molar-refractivity contribution in [3.8, 4) is 5.75 Å². The van der Waals surface area contributed by atoms with Crippen LogP contribution in [-0.2, 0) is 9.59 Å². The molecular weight excluding hydrogens is 404 g/mol. The van der Waals surface area contributed by atoms with Crippen molar-refractivity contribution in [2.45, 2.75) is 19.8 Å². The maximum absolute atomic E-state index is 12.8. The van der Waals surface area contributed by atoms with Crippen LogP contribution in [0.3, 0.4) is 0 Å². The van der Waals surface area contributed by atoms with Gasteiger partial charge < -0.3 is 10.1 Å². The summed E-state index contributed by atoms with van der Waals surface area (Å²) in [7, 11) is 1.51. The van der Waals surface area contributed by atoms with E-state index in [1.165, 1.54) is 12.0 Å². The summed E-state index contributed by atoms with van der Waals surface area (Å²) in [5.41, 5.74) is 2.46. The summed E-state index contributed by atoms with van der Waals surface area (Å²) >= 11 is 6.00. The standard InChI is InChI=1S/C23H21ClN2O4/c1-13-3-9-17-18(11-13)23(29)26(22(17)28)16-7-4-14(5-8-16)21(27)25-19-12-15(24)6-10-20(19)30-2/h3-8,10,12,17-18H,9,11H2,1-2H3,(H,25,27)/t17-,18+/m1/s1. The highest BCUT2D eigenvalue weighted by Crippen LogP contribution is 2.39. The summed E-state index contributed by atoms with van der Waals surface area (Å²) in [6.07, 6.45) is 3.25. The van der Waals surface area contributed by atoms with Crippen LogP contribution in [0.25, 0.3) is 0 Å². The van der Waals surface area contributed by atoms with E-state index in [-0.39, 0.29) is 29.6 Å². The first-order chi connectivity index (χ1) is 14.4. The molecule has 2 aromatic rings. The Morgan fingerprint density at radius 2 is 1.80 bits per heavy atom. The van der Waals surface area contributed by atoms with Crippen LogP contribution in [0.15, 0.2) is 54.1 Å². The summed E-state index contributed by atoms with van der Waals surface area (Å²) in [5.74, 6) is -0.785. The molecule has 1 aliphatic heterocycles. The number of hydrogen-bond acceptors (Lipinski definition) is 4. The van der Waals surface area contributed by atoms with Gasteiger partial charge in [0, 0.05) is 10.6 Å². The topological polar surface area (TPSA) is 75.7 Å². The number of ether oxygens (including phenoxy) is 1. The Morgan fingerprint density at radius 1 is 1.10 bits per heavy atom. The predicted molar refractivity (Wildman–Crippen MR) is 115 cm³/mol. The Hall–Kier alpha value is -3.12. The molecule has 4 rings (SSSR count). The first-order valence-electron chi connectivity index (χ1n) is 9.67. The van der Waals surface area contributed by atoms with Gasteiger partial charge in [0.15, 0.2) is 0 Å². The van der Waals surface area contributed by atoms with E-state index in [0.717, 1.165) is 5.57 Å². The minimum atomic E-state index is -0.352. The van der Waals surface area contributed by atoms with Crippen molar-refractivity contribution in [2.24, 2.45) is 11.8 Å². The van der Waals surface area contributed by atoms with Crippen LogP contribution in [0.2, 0.25) is 5.02 Å². The van der Waals surface area contributed by atoms with E-state index in [1.807, 2.05) is 13.0 Å². The number of nitrogens with zero attached hydrogens (tertiary/aromatic N) is 1. The lowest BCUT2D eigenvalue weighted by Crippen LogP contribution is -2.30. The quantitative estimate of drug-likeness (QED) is 0.581. The second-order valence-electron chi connectivity index (χ2n) is 7.56. The van der Waals surface area contributed by atoms with Crippen molar-refractivity contribution < 1.29 is 19.1 Å². The molecule has 1 aliphatic carbocycles. The summed E-state index contributed by atoms with van der Waals surface area (Å²) in [5, 5.41) is 3.24. The highest BCUT2D eigenvalue weighted by atomic mass is 35.5. The van der Waals surface area contributed by atoms with E-state index >= 15 is 0 Å². The molecule has 1 fully saturated rings. The van der Waals surface area contributed by atoms with Gasteiger partial charge in [-0.2, -0.15) is 0 Å². The Labute approximate surface area is 179 Å². The lowest BCUT2D eigenvalue weighted by atomic mass is 9.82. The molecule has 2 aromatic carbocycles. The fourth-order valence-electron chi connectivity index (χ4n) is 4.03. The third-order valence-electron chi connectivity index (χ3n) is 5.62. The van der Waals surface area contributed by atoms with E-state index < -0.39 is 0 Å². The maximum atomic E-state index is 12.8. The molecule has 30 heavy (non-hydrogen) atoms. The Morgan fingerprint density at radius 3 is 2.50 bits per heavy atom. The second kappa shape index (κ2) is 7.95. The number of rotatable bonds is 4. The largest absolute Gasteiger partial charge is 0.495 e. The van der Waals surface area contributed by atoms with Gasteiger partial charge in [-0.1, -0.05) is 23.3 Å². The molecule has 3 amide bonds. The zero-order valence-corrected chi connectivity index (χ0v) is 17.4. The lowest BCUT2D eigenvalue weighted by molar-refractivity contribution is -0.122. The normalized spacial score (nSPS) is 20.6. The van der Waals surface area contributed by atoms with E-state index in [4.69, 9.17) is 16.3 Å². The minimum absolute atomic E-state index is 0.168. The van der Waals surface area contributed by atoms with Crippen molar-refractivity contribution >= 4 is 40.7 Å². The van der Waals surface area contributed by atoms with Gasteiger partial charge in [0.1, 0.15) is 5.75 Å². The molecule has 154 valence electrons. The number of allylic oxidation sites excluding steroid dienone is 2. The van der Waals surface area contributed by atoms with E-state index in [9.17, 15) is 14.4 Å². The fraction of sp³-hybridized carbons (Fsp3) is 0.261. The summed E-state index contributed by atoms with van der Waals surface area (Å²) in [6, 6.07) is 11.4. The zero-order valence-electron chi connectivity index (χ0n) is 16.6. The average Bonchev–Trinajstić information content (AvgIpc) is 2.98. The first-order valence-corrected chi connectivity index (χ1v) is 10.0. The van der Waals surface area contributed by atoms with Gasteiger partial charge in [-0.05, 0) is 62.2 Å². The van der Waals surface area contributed by atoms with Crippen LogP contribution in [0.1, 0.15) is 30.1 Å². The molecule has 2 atom stereocenters. The molecule has 0 saturated carbocycles. The molecular formula is C23H21ClN2O4. The fourth-order valence-corrected chi connectivity index (χ4v) is 4.20. The van der Waals surface area contributed by atoms with Gasteiger partial charge in [-0.3, -0.25) is 19.3 Å². The number of amides is 3. The number of anilines is 2. The smallest absolute Gasteiger partial charge is 0.255 e. The summed E-state index contributed by atoms with van der Waals surface area (Å²) in [6.45, 7) is 1.99. The van der Waals surface area contributed by atoms with Crippen LogP contribution < -0.4 is 15.0 Å². The zero-order chi connectivity index (χ0) is 21.4. The molecule has 0 radical (unpaired) electrons. The van der Waals surface area contributed by atoms with Gasteiger partial charge in [0.2, 0.25) is 11.8 Å². The molecule has 1 saturated heterocycles. The van der Waals surface area contributed by atoms with Gasteiger partial charge in [0.25, 0.3) is 5.91 Å². The van der Waals surface area contributed by atoms with E-state index in [1.54, 1.807) is 42.5 Å².